The molecule has 0 aromatic heterocycles. The first-order valence-electron chi connectivity index (χ1n) is 13.5. The largest absolute Gasteiger partial charge is 0.0654 e. The van der Waals surface area contributed by atoms with Gasteiger partial charge in [-0.05, 0) is 106 Å². The maximum Gasteiger partial charge on any atom is -0.00183 e. The molecule has 0 bridgehead atoms. The lowest BCUT2D eigenvalue weighted by Crippen LogP contribution is -2.07. The number of hydrogen-bond donors (Lipinski definition) is 0. The predicted molar refractivity (Wildman–Crippen MR) is 145 cm³/mol. The fourth-order valence-electron chi connectivity index (χ4n) is 5.79. The summed E-state index contributed by atoms with van der Waals surface area (Å²) in [6.07, 6.45) is 15.1. The molecule has 0 heteroatoms. The molecular weight excluding hydrogens is 384 g/mol. The van der Waals surface area contributed by atoms with Crippen LogP contribution in [0.3, 0.4) is 0 Å². The van der Waals surface area contributed by atoms with Crippen molar-refractivity contribution in [1.82, 2.24) is 0 Å². The molecule has 0 spiro atoms. The van der Waals surface area contributed by atoms with Gasteiger partial charge in [-0.2, -0.15) is 0 Å². The van der Waals surface area contributed by atoms with Crippen LogP contribution < -0.4 is 0 Å². The van der Waals surface area contributed by atoms with E-state index in [1.807, 2.05) is 0 Å². The summed E-state index contributed by atoms with van der Waals surface area (Å²) >= 11 is 0. The lowest BCUT2D eigenvalue weighted by molar-refractivity contribution is 0.740. The van der Waals surface area contributed by atoms with Gasteiger partial charge in [-0.1, -0.05) is 89.8 Å². The zero-order valence-electron chi connectivity index (χ0n) is 20.9. The van der Waals surface area contributed by atoms with Gasteiger partial charge in [-0.25, -0.2) is 0 Å². The van der Waals surface area contributed by atoms with Crippen LogP contribution in [0.4, 0.5) is 0 Å². The van der Waals surface area contributed by atoms with Crippen molar-refractivity contribution in [2.75, 3.05) is 0 Å². The van der Waals surface area contributed by atoms with Gasteiger partial charge in [0.15, 0.2) is 0 Å². The zero-order valence-corrected chi connectivity index (χ0v) is 20.9. The van der Waals surface area contributed by atoms with E-state index in [0.29, 0.717) is 0 Å². The van der Waals surface area contributed by atoms with Crippen LogP contribution in [-0.2, 0) is 25.7 Å². The Morgan fingerprint density at radius 1 is 0.500 bits per heavy atom. The molecule has 32 heavy (non-hydrogen) atoms. The Hall–Kier alpha value is -2.08. The number of unbranched alkanes of at least 4 members (excludes halogenated alkanes) is 4. The van der Waals surface area contributed by atoms with Crippen LogP contribution in [0.1, 0.15) is 101 Å². The van der Waals surface area contributed by atoms with E-state index in [0.717, 1.165) is 0 Å². The molecule has 0 radical (unpaired) electrons. The average Bonchev–Trinajstić information content (AvgIpc) is 2.82. The molecule has 170 valence electrons. The van der Waals surface area contributed by atoms with E-state index in [1.54, 1.807) is 38.4 Å². The highest BCUT2D eigenvalue weighted by Crippen LogP contribution is 2.43. The first kappa shape index (κ1) is 23.1. The van der Waals surface area contributed by atoms with E-state index in [-0.39, 0.29) is 0 Å². The molecule has 0 unspecified atom stereocenters. The Labute approximate surface area is 195 Å². The summed E-state index contributed by atoms with van der Waals surface area (Å²) in [5.74, 6) is 0. The van der Waals surface area contributed by atoms with E-state index < -0.39 is 0 Å². The second-order valence-electron chi connectivity index (χ2n) is 9.83. The van der Waals surface area contributed by atoms with E-state index in [4.69, 9.17) is 0 Å². The van der Waals surface area contributed by atoms with E-state index >= 15 is 0 Å². The Morgan fingerprint density at radius 2 is 1.09 bits per heavy atom. The van der Waals surface area contributed by atoms with Gasteiger partial charge in [-0.3, -0.25) is 0 Å². The molecule has 4 aromatic rings. The van der Waals surface area contributed by atoms with Gasteiger partial charge >= 0.3 is 0 Å². The third-order valence-corrected chi connectivity index (χ3v) is 7.47. The second-order valence-corrected chi connectivity index (χ2v) is 9.83. The maximum atomic E-state index is 2.55. The predicted octanol–water partition coefficient (Wildman–Crippen LogP) is 9.95. The van der Waals surface area contributed by atoms with Crippen LogP contribution in [0.25, 0.3) is 32.3 Å². The van der Waals surface area contributed by atoms with Crippen LogP contribution in [-0.4, -0.2) is 0 Å². The molecule has 0 atom stereocenters. The zero-order chi connectivity index (χ0) is 22.5. The molecule has 0 fully saturated rings. The van der Waals surface area contributed by atoms with Crippen molar-refractivity contribution < 1.29 is 0 Å². The molecule has 0 nitrogen and oxygen atoms in total. The Bertz CT molecular complexity index is 1160. The van der Waals surface area contributed by atoms with Crippen molar-refractivity contribution in [1.29, 1.82) is 0 Å². The van der Waals surface area contributed by atoms with Gasteiger partial charge < -0.3 is 0 Å². The summed E-state index contributed by atoms with van der Waals surface area (Å²) in [5.41, 5.74) is 6.72. The molecule has 0 heterocycles. The minimum absolute atomic E-state index is 1.21. The topological polar surface area (TPSA) is 0 Å². The van der Waals surface area contributed by atoms with Gasteiger partial charge in [0, 0.05) is 0 Å². The highest BCUT2D eigenvalue weighted by Gasteiger charge is 2.21. The minimum atomic E-state index is 1.21. The monoisotopic (exact) mass is 426 g/mol. The van der Waals surface area contributed by atoms with Crippen molar-refractivity contribution >= 4 is 32.3 Å². The van der Waals surface area contributed by atoms with Gasteiger partial charge in [-0.15, -0.1) is 0 Å². The van der Waals surface area contributed by atoms with Gasteiger partial charge in [0.25, 0.3) is 0 Å². The summed E-state index contributed by atoms with van der Waals surface area (Å²) in [6.45, 7) is 9.35. The molecular formula is C32H42. The summed E-state index contributed by atoms with van der Waals surface area (Å²) in [5, 5.41) is 9.14. The van der Waals surface area contributed by atoms with Crippen LogP contribution in [0.5, 0.6) is 0 Å². The average molecular weight is 427 g/mol. The number of benzene rings is 4. The second kappa shape index (κ2) is 10.7. The van der Waals surface area contributed by atoms with Crippen LogP contribution >= 0.6 is 0 Å². The fourth-order valence-corrected chi connectivity index (χ4v) is 5.79. The highest BCUT2D eigenvalue weighted by atomic mass is 14.3. The Balaban J connectivity index is 2.15. The van der Waals surface area contributed by atoms with Crippen molar-refractivity contribution in [3.8, 4) is 0 Å². The van der Waals surface area contributed by atoms with Gasteiger partial charge in [0.05, 0.1) is 0 Å². The lowest BCUT2D eigenvalue weighted by Gasteiger charge is -2.25. The molecule has 0 saturated heterocycles. The van der Waals surface area contributed by atoms with Crippen LogP contribution in [0, 0.1) is 0 Å². The minimum Gasteiger partial charge on any atom is -0.0654 e. The summed E-state index contributed by atoms with van der Waals surface area (Å²) in [4.78, 5) is 0. The molecule has 0 aliphatic heterocycles. The summed E-state index contributed by atoms with van der Waals surface area (Å²) < 4.78 is 0. The molecule has 4 aromatic carbocycles. The third kappa shape index (κ3) is 4.26. The molecule has 0 N–H and O–H groups in total. The molecule has 0 saturated carbocycles. The quantitative estimate of drug-likeness (QED) is 0.198. The SMILES string of the molecule is CCCCc1c(CCCC)c2ccc3cccc4cc(CCCC)c(c1CCCC)c2c34. The molecule has 0 amide bonds. The van der Waals surface area contributed by atoms with Crippen molar-refractivity contribution in [2.45, 2.75) is 105 Å². The van der Waals surface area contributed by atoms with E-state index in [1.165, 1.54) is 93.2 Å². The number of rotatable bonds is 12. The van der Waals surface area contributed by atoms with Gasteiger partial charge in [0.2, 0.25) is 0 Å². The summed E-state index contributed by atoms with van der Waals surface area (Å²) in [7, 11) is 0. The lowest BCUT2D eigenvalue weighted by atomic mass is 9.79. The van der Waals surface area contributed by atoms with Crippen molar-refractivity contribution in [3.05, 3.63) is 58.7 Å². The highest BCUT2D eigenvalue weighted by molar-refractivity contribution is 6.25. The smallest absolute Gasteiger partial charge is 0.00183 e. The first-order valence-corrected chi connectivity index (χ1v) is 13.5. The molecule has 0 aliphatic carbocycles. The maximum absolute atomic E-state index is 2.55. The molecule has 0 aliphatic rings. The summed E-state index contributed by atoms with van der Waals surface area (Å²) in [6, 6.07) is 14.3. The third-order valence-electron chi connectivity index (χ3n) is 7.47. The molecule has 4 rings (SSSR count). The normalized spacial score (nSPS) is 12.0. The fraction of sp³-hybridized carbons (Fsp3) is 0.500. The van der Waals surface area contributed by atoms with Crippen molar-refractivity contribution in [2.24, 2.45) is 0 Å². The van der Waals surface area contributed by atoms with Crippen LogP contribution in [0.15, 0.2) is 36.4 Å². The van der Waals surface area contributed by atoms with Gasteiger partial charge in [0.1, 0.15) is 0 Å². The number of aryl methyl sites for hydroxylation is 3. The van der Waals surface area contributed by atoms with Crippen molar-refractivity contribution in [3.63, 3.8) is 0 Å². The van der Waals surface area contributed by atoms with Crippen LogP contribution in [0.2, 0.25) is 0 Å². The van der Waals surface area contributed by atoms with E-state index in [2.05, 4.69) is 64.1 Å². The number of hydrogen-bond acceptors (Lipinski definition) is 0. The van der Waals surface area contributed by atoms with E-state index in [9.17, 15) is 0 Å². The standard InChI is InChI=1S/C32H42/c1-5-9-14-25-22-24-16-13-15-23-20-21-29-27(18-11-7-3)26(17-10-6-2)28(19-12-8-4)31(25)32(29)30(23)24/h13,15-16,20-22H,5-12,14,17-19H2,1-4H3. The first-order chi connectivity index (χ1) is 15.7. The Morgan fingerprint density at radius 3 is 1.78 bits per heavy atom. The Kier molecular flexibility index (Phi) is 7.71.